The Morgan fingerprint density at radius 1 is 1.36 bits per heavy atom. The second-order valence-corrected chi connectivity index (χ2v) is 8.57. The molecule has 130 valence electrons. The number of benzene rings is 1. The number of halogens is 3. The van der Waals surface area contributed by atoms with Crippen molar-refractivity contribution in [1.29, 1.82) is 0 Å². The molecular formula is C15H11BrCl2N4OS2. The number of nitrogens with one attached hydrogen (secondary N) is 1. The van der Waals surface area contributed by atoms with Crippen LogP contribution in [0.3, 0.4) is 0 Å². The zero-order valence-corrected chi connectivity index (χ0v) is 17.5. The lowest BCUT2D eigenvalue weighted by atomic mass is 10.3. The number of amides is 1. The number of anilines is 1. The highest BCUT2D eigenvalue weighted by Crippen LogP contribution is 2.30. The van der Waals surface area contributed by atoms with Crippen LogP contribution in [0.25, 0.3) is 10.7 Å². The Morgan fingerprint density at radius 2 is 2.16 bits per heavy atom. The van der Waals surface area contributed by atoms with Crippen LogP contribution in [0.5, 0.6) is 0 Å². The van der Waals surface area contributed by atoms with Crippen molar-refractivity contribution in [3.05, 3.63) is 44.2 Å². The Balaban J connectivity index is 1.63. The maximum Gasteiger partial charge on any atom is 0.234 e. The van der Waals surface area contributed by atoms with Crippen molar-refractivity contribution in [1.82, 2.24) is 14.8 Å². The summed E-state index contributed by atoms with van der Waals surface area (Å²) in [5.41, 5.74) is 0.527. The van der Waals surface area contributed by atoms with Crippen molar-refractivity contribution < 1.29 is 4.79 Å². The first-order chi connectivity index (χ1) is 11.9. The molecule has 0 saturated heterocycles. The molecule has 0 unspecified atom stereocenters. The topological polar surface area (TPSA) is 59.8 Å². The van der Waals surface area contributed by atoms with Gasteiger partial charge in [-0.3, -0.25) is 4.79 Å². The molecule has 3 aromatic rings. The Kier molecular flexibility index (Phi) is 6.06. The Hall–Kier alpha value is -1.06. The van der Waals surface area contributed by atoms with Gasteiger partial charge in [-0.25, -0.2) is 0 Å². The molecule has 1 N–H and O–H groups in total. The fraction of sp³-hybridized carbons (Fsp3) is 0.133. The van der Waals surface area contributed by atoms with E-state index in [0.29, 0.717) is 20.9 Å². The number of thiophene rings is 1. The van der Waals surface area contributed by atoms with E-state index in [9.17, 15) is 4.79 Å². The smallest absolute Gasteiger partial charge is 0.234 e. The molecule has 0 aliphatic rings. The lowest BCUT2D eigenvalue weighted by molar-refractivity contribution is -0.113. The summed E-state index contributed by atoms with van der Waals surface area (Å²) in [5, 5.41) is 14.7. The van der Waals surface area contributed by atoms with E-state index in [1.165, 1.54) is 11.8 Å². The van der Waals surface area contributed by atoms with Gasteiger partial charge in [-0.15, -0.1) is 21.5 Å². The van der Waals surface area contributed by atoms with E-state index in [0.717, 1.165) is 15.2 Å². The van der Waals surface area contributed by atoms with Crippen LogP contribution >= 0.6 is 62.2 Å². The first-order valence-corrected chi connectivity index (χ1v) is 10.4. The minimum Gasteiger partial charge on any atom is -0.324 e. The molecule has 0 fully saturated rings. The highest BCUT2D eigenvalue weighted by atomic mass is 79.9. The van der Waals surface area contributed by atoms with Gasteiger partial charge in [-0.2, -0.15) is 0 Å². The molecular weight excluding hydrogens is 467 g/mol. The first kappa shape index (κ1) is 18.7. The number of aromatic nitrogens is 3. The van der Waals surface area contributed by atoms with Gasteiger partial charge in [0.1, 0.15) is 0 Å². The molecule has 0 bridgehead atoms. The maximum absolute atomic E-state index is 12.1. The van der Waals surface area contributed by atoms with Gasteiger partial charge in [0.05, 0.1) is 21.3 Å². The van der Waals surface area contributed by atoms with Gasteiger partial charge in [-0.05, 0) is 40.2 Å². The zero-order valence-electron chi connectivity index (χ0n) is 12.8. The third kappa shape index (κ3) is 4.57. The molecule has 0 atom stereocenters. The fourth-order valence-electron chi connectivity index (χ4n) is 1.99. The molecule has 0 radical (unpaired) electrons. The Bertz CT molecular complexity index is 928. The molecule has 0 spiro atoms. The van der Waals surface area contributed by atoms with Gasteiger partial charge >= 0.3 is 0 Å². The molecule has 0 saturated carbocycles. The molecule has 2 heterocycles. The summed E-state index contributed by atoms with van der Waals surface area (Å²) in [6.45, 7) is 0. The summed E-state index contributed by atoms with van der Waals surface area (Å²) in [6, 6.07) is 6.91. The predicted octanol–water partition coefficient (Wildman–Crippen LogP) is 5.34. The maximum atomic E-state index is 12.1. The first-order valence-electron chi connectivity index (χ1n) is 6.95. The number of rotatable bonds is 5. The van der Waals surface area contributed by atoms with Gasteiger partial charge in [0.15, 0.2) is 11.0 Å². The number of hydrogen-bond acceptors (Lipinski definition) is 5. The summed E-state index contributed by atoms with van der Waals surface area (Å²) in [5.74, 6) is 0.774. The third-order valence-corrected chi connectivity index (χ3v) is 6.42. The quantitative estimate of drug-likeness (QED) is 0.503. The minimum atomic E-state index is -0.183. The van der Waals surface area contributed by atoms with E-state index in [1.54, 1.807) is 29.5 Å². The van der Waals surface area contributed by atoms with Crippen LogP contribution in [0.2, 0.25) is 10.0 Å². The summed E-state index contributed by atoms with van der Waals surface area (Å²) in [7, 11) is 1.87. The molecule has 0 aliphatic carbocycles. The minimum absolute atomic E-state index is 0.183. The summed E-state index contributed by atoms with van der Waals surface area (Å²) < 4.78 is 2.87. The number of nitrogens with zero attached hydrogens (tertiary/aromatic N) is 3. The molecule has 5 nitrogen and oxygen atoms in total. The average molecular weight is 478 g/mol. The molecule has 10 heteroatoms. The number of carbonyl (C=O) groups excluding carboxylic acids is 1. The van der Waals surface area contributed by atoms with E-state index in [1.807, 2.05) is 23.1 Å². The van der Waals surface area contributed by atoms with Crippen molar-refractivity contribution in [3.8, 4) is 10.7 Å². The van der Waals surface area contributed by atoms with E-state index in [2.05, 4.69) is 31.4 Å². The summed E-state index contributed by atoms with van der Waals surface area (Å²) >= 11 is 18.2. The molecule has 1 aromatic carbocycles. The summed E-state index contributed by atoms with van der Waals surface area (Å²) in [4.78, 5) is 13.1. The number of hydrogen-bond donors (Lipinski definition) is 1. The van der Waals surface area contributed by atoms with Crippen LogP contribution in [0, 0.1) is 0 Å². The largest absolute Gasteiger partial charge is 0.324 e. The molecule has 0 aliphatic heterocycles. The van der Waals surface area contributed by atoms with Gasteiger partial charge in [0.25, 0.3) is 0 Å². The SMILES string of the molecule is Cn1c(SCC(=O)Nc2ccc(Cl)cc2Cl)nnc1-c1cc(Br)cs1. The van der Waals surface area contributed by atoms with Gasteiger partial charge in [-0.1, -0.05) is 35.0 Å². The van der Waals surface area contributed by atoms with E-state index >= 15 is 0 Å². The number of carbonyl (C=O) groups is 1. The second kappa shape index (κ2) is 8.09. The normalized spacial score (nSPS) is 10.9. The monoisotopic (exact) mass is 476 g/mol. The van der Waals surface area contributed by atoms with Gasteiger partial charge < -0.3 is 9.88 Å². The second-order valence-electron chi connectivity index (χ2n) is 4.96. The molecule has 25 heavy (non-hydrogen) atoms. The van der Waals surface area contributed by atoms with Crippen molar-refractivity contribution in [3.63, 3.8) is 0 Å². The summed E-state index contributed by atoms with van der Waals surface area (Å²) in [6.07, 6.45) is 0. The third-order valence-electron chi connectivity index (χ3n) is 3.16. The fourth-order valence-corrected chi connectivity index (χ4v) is 4.61. The molecule has 2 aromatic heterocycles. The van der Waals surface area contributed by atoms with Crippen molar-refractivity contribution in [2.45, 2.75) is 5.16 Å². The van der Waals surface area contributed by atoms with Crippen molar-refractivity contribution in [2.24, 2.45) is 7.05 Å². The van der Waals surface area contributed by atoms with Crippen LogP contribution < -0.4 is 5.32 Å². The lowest BCUT2D eigenvalue weighted by Gasteiger charge is -2.07. The van der Waals surface area contributed by atoms with Crippen LogP contribution in [0.15, 0.2) is 39.3 Å². The van der Waals surface area contributed by atoms with E-state index in [-0.39, 0.29) is 11.7 Å². The lowest BCUT2D eigenvalue weighted by Crippen LogP contribution is -2.14. The standard InChI is InChI=1S/C15H11BrCl2N4OS2/c1-22-14(12-4-8(16)6-24-12)20-21-15(22)25-7-13(23)19-11-3-2-9(17)5-10(11)18/h2-6H,7H2,1H3,(H,19,23). The average Bonchev–Trinajstić information content (AvgIpc) is 3.14. The van der Waals surface area contributed by atoms with Gasteiger partial charge in [0.2, 0.25) is 5.91 Å². The zero-order chi connectivity index (χ0) is 18.0. The highest BCUT2D eigenvalue weighted by molar-refractivity contribution is 9.10. The van der Waals surface area contributed by atoms with Crippen LogP contribution in [-0.4, -0.2) is 26.4 Å². The molecule has 1 amide bonds. The van der Waals surface area contributed by atoms with Crippen LogP contribution in [0.4, 0.5) is 5.69 Å². The predicted molar refractivity (Wildman–Crippen MR) is 108 cm³/mol. The van der Waals surface area contributed by atoms with Crippen molar-refractivity contribution in [2.75, 3.05) is 11.1 Å². The molecule has 3 rings (SSSR count). The highest BCUT2D eigenvalue weighted by Gasteiger charge is 2.15. The van der Waals surface area contributed by atoms with Gasteiger partial charge in [0, 0.05) is 21.9 Å². The van der Waals surface area contributed by atoms with Crippen LogP contribution in [-0.2, 0) is 11.8 Å². The van der Waals surface area contributed by atoms with E-state index < -0.39 is 0 Å². The van der Waals surface area contributed by atoms with Crippen molar-refractivity contribution >= 4 is 73.8 Å². The Morgan fingerprint density at radius 3 is 2.84 bits per heavy atom. The number of thioether (sulfide) groups is 1. The Labute approximate surface area is 170 Å². The van der Waals surface area contributed by atoms with E-state index in [4.69, 9.17) is 23.2 Å². The van der Waals surface area contributed by atoms with Crippen LogP contribution in [0.1, 0.15) is 0 Å².